The molecule has 1 fully saturated rings. The standard InChI is InChI=1S/C11H22N2O4S/c1-13(6-2-5-12)11(14)9-18(15,16)10-3-7-17-8-4-10/h10H,2-9,12H2,1H3. The molecule has 1 rings (SSSR count). The number of rotatable bonds is 6. The maximum absolute atomic E-state index is 12.0. The highest BCUT2D eigenvalue weighted by molar-refractivity contribution is 7.92. The van der Waals surface area contributed by atoms with E-state index in [4.69, 9.17) is 10.5 Å². The minimum Gasteiger partial charge on any atom is -0.381 e. The predicted octanol–water partition coefficient (Wildman–Crippen LogP) is -0.613. The van der Waals surface area contributed by atoms with Crippen molar-refractivity contribution in [2.24, 2.45) is 5.73 Å². The summed E-state index contributed by atoms with van der Waals surface area (Å²) < 4.78 is 29.2. The molecule has 2 N–H and O–H groups in total. The van der Waals surface area contributed by atoms with E-state index in [1.54, 1.807) is 7.05 Å². The first-order chi connectivity index (χ1) is 8.47. The van der Waals surface area contributed by atoms with Gasteiger partial charge in [0.15, 0.2) is 9.84 Å². The summed E-state index contributed by atoms with van der Waals surface area (Å²) in [4.78, 5) is 13.2. The molecule has 18 heavy (non-hydrogen) atoms. The molecular formula is C11H22N2O4S. The molecule has 6 nitrogen and oxygen atoms in total. The van der Waals surface area contributed by atoms with Gasteiger partial charge >= 0.3 is 0 Å². The second-order valence-electron chi connectivity index (χ2n) is 4.58. The average molecular weight is 278 g/mol. The molecule has 7 heteroatoms. The van der Waals surface area contributed by atoms with Gasteiger partial charge in [-0.15, -0.1) is 0 Å². The summed E-state index contributed by atoms with van der Waals surface area (Å²) in [5.41, 5.74) is 5.35. The largest absolute Gasteiger partial charge is 0.381 e. The Balaban J connectivity index is 2.51. The smallest absolute Gasteiger partial charge is 0.237 e. The second kappa shape index (κ2) is 7.06. The molecule has 0 aromatic rings. The zero-order valence-corrected chi connectivity index (χ0v) is 11.6. The maximum Gasteiger partial charge on any atom is 0.237 e. The van der Waals surface area contributed by atoms with Gasteiger partial charge in [0.05, 0.1) is 5.25 Å². The predicted molar refractivity (Wildman–Crippen MR) is 68.9 cm³/mol. The summed E-state index contributed by atoms with van der Waals surface area (Å²) in [7, 11) is -1.75. The number of amides is 1. The van der Waals surface area contributed by atoms with Crippen LogP contribution in [0.2, 0.25) is 0 Å². The fourth-order valence-electron chi connectivity index (χ4n) is 1.89. The van der Waals surface area contributed by atoms with E-state index < -0.39 is 20.8 Å². The zero-order valence-electron chi connectivity index (χ0n) is 10.8. The second-order valence-corrected chi connectivity index (χ2v) is 6.86. The average Bonchev–Trinajstić information content (AvgIpc) is 2.36. The van der Waals surface area contributed by atoms with E-state index in [-0.39, 0.29) is 5.91 Å². The van der Waals surface area contributed by atoms with Gasteiger partial charge in [-0.05, 0) is 25.8 Å². The normalized spacial score (nSPS) is 17.7. The van der Waals surface area contributed by atoms with E-state index in [9.17, 15) is 13.2 Å². The summed E-state index contributed by atoms with van der Waals surface area (Å²) in [6.07, 6.45) is 1.66. The van der Waals surface area contributed by atoms with Gasteiger partial charge in [0.1, 0.15) is 5.75 Å². The Bertz CT molecular complexity index is 363. The minimum absolute atomic E-state index is 0.352. The van der Waals surface area contributed by atoms with Crippen LogP contribution in [0.5, 0.6) is 0 Å². The summed E-state index contributed by atoms with van der Waals surface area (Å²) >= 11 is 0. The lowest BCUT2D eigenvalue weighted by Crippen LogP contribution is -2.39. The van der Waals surface area contributed by atoms with Gasteiger partial charge in [-0.3, -0.25) is 4.79 Å². The molecule has 1 aliphatic rings. The van der Waals surface area contributed by atoms with Crippen LogP contribution in [0.25, 0.3) is 0 Å². The lowest BCUT2D eigenvalue weighted by molar-refractivity contribution is -0.127. The van der Waals surface area contributed by atoms with Gasteiger partial charge in [0.2, 0.25) is 5.91 Å². The van der Waals surface area contributed by atoms with Crippen molar-refractivity contribution in [2.45, 2.75) is 24.5 Å². The third-order valence-corrected chi connectivity index (χ3v) is 5.26. The fourth-order valence-corrected chi connectivity index (χ4v) is 3.60. The molecule has 1 aliphatic heterocycles. The first-order valence-electron chi connectivity index (χ1n) is 6.20. The van der Waals surface area contributed by atoms with Crippen LogP contribution in [0.4, 0.5) is 0 Å². The number of nitrogens with zero attached hydrogens (tertiary/aromatic N) is 1. The van der Waals surface area contributed by atoms with Crippen molar-refractivity contribution in [3.8, 4) is 0 Å². The van der Waals surface area contributed by atoms with E-state index in [1.807, 2.05) is 0 Å². The molecule has 0 aromatic carbocycles. The van der Waals surface area contributed by atoms with Gasteiger partial charge in [0, 0.05) is 26.8 Å². The molecule has 1 heterocycles. The maximum atomic E-state index is 12.0. The van der Waals surface area contributed by atoms with Crippen molar-refractivity contribution in [1.82, 2.24) is 4.90 Å². The molecule has 0 atom stereocenters. The van der Waals surface area contributed by atoms with Crippen LogP contribution in [-0.4, -0.2) is 63.6 Å². The molecule has 1 saturated heterocycles. The fraction of sp³-hybridized carbons (Fsp3) is 0.909. The summed E-state index contributed by atoms with van der Waals surface area (Å²) in [5.74, 6) is -0.756. The van der Waals surface area contributed by atoms with E-state index >= 15 is 0 Å². The molecule has 0 bridgehead atoms. The number of carbonyl (C=O) groups is 1. The van der Waals surface area contributed by atoms with E-state index in [2.05, 4.69) is 0 Å². The van der Waals surface area contributed by atoms with Gasteiger partial charge in [-0.25, -0.2) is 8.42 Å². The van der Waals surface area contributed by atoms with Gasteiger partial charge in [0.25, 0.3) is 0 Å². The first kappa shape index (κ1) is 15.4. The van der Waals surface area contributed by atoms with Crippen LogP contribution in [0.1, 0.15) is 19.3 Å². The van der Waals surface area contributed by atoms with Crippen molar-refractivity contribution in [2.75, 3.05) is 39.1 Å². The lowest BCUT2D eigenvalue weighted by Gasteiger charge is -2.23. The number of carbonyl (C=O) groups excluding carboxylic acids is 1. The highest BCUT2D eigenvalue weighted by atomic mass is 32.2. The molecule has 0 aromatic heterocycles. The zero-order chi connectivity index (χ0) is 13.6. The topological polar surface area (TPSA) is 89.7 Å². The number of hydrogen-bond acceptors (Lipinski definition) is 5. The van der Waals surface area contributed by atoms with Crippen LogP contribution in [-0.2, 0) is 19.4 Å². The first-order valence-corrected chi connectivity index (χ1v) is 7.92. The van der Waals surface area contributed by atoms with Crippen LogP contribution in [0.15, 0.2) is 0 Å². The van der Waals surface area contributed by atoms with Gasteiger partial charge in [-0.1, -0.05) is 0 Å². The summed E-state index contributed by atoms with van der Waals surface area (Å²) in [5, 5.41) is -0.432. The van der Waals surface area contributed by atoms with Crippen molar-refractivity contribution in [1.29, 1.82) is 0 Å². The Morgan fingerprint density at radius 3 is 2.56 bits per heavy atom. The highest BCUT2D eigenvalue weighted by Gasteiger charge is 2.30. The van der Waals surface area contributed by atoms with Crippen LogP contribution in [0, 0.1) is 0 Å². The van der Waals surface area contributed by atoms with E-state index in [0.717, 1.165) is 0 Å². The van der Waals surface area contributed by atoms with Crippen molar-refractivity contribution in [3.05, 3.63) is 0 Å². The molecule has 0 saturated carbocycles. The molecule has 0 unspecified atom stereocenters. The molecule has 1 amide bonds. The summed E-state index contributed by atoms with van der Waals surface area (Å²) in [6.45, 7) is 1.91. The third kappa shape index (κ3) is 4.55. The highest BCUT2D eigenvalue weighted by Crippen LogP contribution is 2.16. The Morgan fingerprint density at radius 2 is 2.00 bits per heavy atom. The number of sulfone groups is 1. The molecule has 0 spiro atoms. The SMILES string of the molecule is CN(CCCN)C(=O)CS(=O)(=O)C1CCOCC1. The number of nitrogens with two attached hydrogens (primary N) is 1. The van der Waals surface area contributed by atoms with Gasteiger partial charge < -0.3 is 15.4 Å². The summed E-state index contributed by atoms with van der Waals surface area (Å²) in [6, 6.07) is 0. The van der Waals surface area contributed by atoms with Crippen LogP contribution < -0.4 is 5.73 Å². The molecule has 106 valence electrons. The minimum atomic E-state index is -3.36. The quantitative estimate of drug-likeness (QED) is 0.700. The van der Waals surface area contributed by atoms with Crippen molar-refractivity contribution >= 4 is 15.7 Å². The Kier molecular flexibility index (Phi) is 6.04. The number of ether oxygens (including phenoxy) is 1. The molecular weight excluding hydrogens is 256 g/mol. The van der Waals surface area contributed by atoms with E-state index in [0.29, 0.717) is 45.6 Å². The monoisotopic (exact) mass is 278 g/mol. The van der Waals surface area contributed by atoms with Crippen LogP contribution >= 0.6 is 0 Å². The van der Waals surface area contributed by atoms with Crippen LogP contribution in [0.3, 0.4) is 0 Å². The Morgan fingerprint density at radius 1 is 1.39 bits per heavy atom. The molecule has 0 aliphatic carbocycles. The Labute approximate surface area is 108 Å². The Hall–Kier alpha value is -0.660. The van der Waals surface area contributed by atoms with E-state index in [1.165, 1.54) is 4.90 Å². The lowest BCUT2D eigenvalue weighted by atomic mass is 10.2. The third-order valence-electron chi connectivity index (χ3n) is 3.12. The van der Waals surface area contributed by atoms with Crippen molar-refractivity contribution < 1.29 is 17.9 Å². The van der Waals surface area contributed by atoms with Crippen molar-refractivity contribution in [3.63, 3.8) is 0 Å². The molecule has 0 radical (unpaired) electrons. The number of hydrogen-bond donors (Lipinski definition) is 1. The van der Waals surface area contributed by atoms with Gasteiger partial charge in [-0.2, -0.15) is 0 Å².